The predicted octanol–water partition coefficient (Wildman–Crippen LogP) is 2.33. The van der Waals surface area contributed by atoms with Gasteiger partial charge < -0.3 is 15.4 Å². The van der Waals surface area contributed by atoms with E-state index in [0.29, 0.717) is 0 Å². The summed E-state index contributed by atoms with van der Waals surface area (Å²) in [6, 6.07) is 7.55. The fraction of sp³-hybridized carbons (Fsp3) is 0.538. The average Bonchev–Trinajstić information content (AvgIpc) is 2.30. The third-order valence-corrected chi connectivity index (χ3v) is 3.31. The molecule has 0 radical (unpaired) electrons. The molecule has 4 heteroatoms. The number of rotatable bonds is 8. The van der Waals surface area contributed by atoms with Crippen molar-refractivity contribution < 1.29 is 4.74 Å². The zero-order valence-corrected chi connectivity index (χ0v) is 11.5. The number of hydrogen-bond donors (Lipinski definition) is 1. The van der Waals surface area contributed by atoms with Crippen LogP contribution in [0, 0.1) is 0 Å². The van der Waals surface area contributed by atoms with E-state index in [1.54, 1.807) is 0 Å². The van der Waals surface area contributed by atoms with Crippen LogP contribution in [0.25, 0.3) is 0 Å². The summed E-state index contributed by atoms with van der Waals surface area (Å²) in [6.45, 7) is 1.92. The lowest BCUT2D eigenvalue weighted by Gasteiger charge is -2.09. The number of anilines is 1. The molecule has 0 saturated heterocycles. The van der Waals surface area contributed by atoms with Crippen molar-refractivity contribution in [3.05, 3.63) is 24.3 Å². The van der Waals surface area contributed by atoms with Crippen molar-refractivity contribution in [3.8, 4) is 5.75 Å². The largest absolute Gasteiger partial charge is 0.494 e. The maximum atomic E-state index is 5.61. The first-order valence-electron chi connectivity index (χ1n) is 5.89. The molecule has 0 aromatic heterocycles. The summed E-state index contributed by atoms with van der Waals surface area (Å²) in [4.78, 5) is 2.21. The molecule has 0 amide bonds. The first-order chi connectivity index (χ1) is 8.18. The number of nitrogen functional groups attached to an aromatic ring is 1. The fourth-order valence-corrected chi connectivity index (χ4v) is 2.28. The molecule has 0 saturated carbocycles. The van der Waals surface area contributed by atoms with E-state index in [9.17, 15) is 0 Å². The number of hydrogen-bond acceptors (Lipinski definition) is 4. The van der Waals surface area contributed by atoms with Gasteiger partial charge in [-0.3, -0.25) is 0 Å². The van der Waals surface area contributed by atoms with Crippen LogP contribution in [0.1, 0.15) is 6.42 Å². The quantitative estimate of drug-likeness (QED) is 0.571. The van der Waals surface area contributed by atoms with Crippen LogP contribution in [0.3, 0.4) is 0 Å². The molecule has 0 unspecified atom stereocenters. The molecule has 0 bridgehead atoms. The van der Waals surface area contributed by atoms with Gasteiger partial charge in [-0.05, 0) is 50.5 Å². The molecule has 0 aliphatic carbocycles. The first-order valence-corrected chi connectivity index (χ1v) is 7.05. The van der Waals surface area contributed by atoms with Crippen molar-refractivity contribution >= 4 is 17.4 Å². The molecule has 2 N–H and O–H groups in total. The molecular weight excluding hydrogens is 232 g/mol. The second-order valence-electron chi connectivity index (χ2n) is 4.19. The van der Waals surface area contributed by atoms with Crippen molar-refractivity contribution in [1.29, 1.82) is 0 Å². The number of benzene rings is 1. The highest BCUT2D eigenvalue weighted by Gasteiger charge is 1.95. The third kappa shape index (κ3) is 7.13. The van der Waals surface area contributed by atoms with Gasteiger partial charge in [0.25, 0.3) is 0 Å². The van der Waals surface area contributed by atoms with Gasteiger partial charge in [0, 0.05) is 18.0 Å². The number of nitrogens with two attached hydrogens (primary N) is 1. The second-order valence-corrected chi connectivity index (χ2v) is 5.41. The van der Waals surface area contributed by atoms with E-state index in [4.69, 9.17) is 10.5 Å². The molecule has 0 aliphatic rings. The maximum absolute atomic E-state index is 5.61. The van der Waals surface area contributed by atoms with Crippen molar-refractivity contribution in [2.24, 2.45) is 0 Å². The third-order valence-electron chi connectivity index (χ3n) is 2.26. The van der Waals surface area contributed by atoms with Crippen molar-refractivity contribution in [2.75, 3.05) is 44.5 Å². The van der Waals surface area contributed by atoms with Gasteiger partial charge in [-0.2, -0.15) is 11.8 Å². The zero-order valence-electron chi connectivity index (χ0n) is 10.7. The lowest BCUT2D eigenvalue weighted by molar-refractivity contribution is 0.319. The molecular formula is C13H22N2OS. The van der Waals surface area contributed by atoms with Crippen LogP contribution in [0.5, 0.6) is 5.75 Å². The van der Waals surface area contributed by atoms with E-state index >= 15 is 0 Å². The Morgan fingerprint density at radius 3 is 2.53 bits per heavy atom. The van der Waals surface area contributed by atoms with Crippen LogP contribution in [0.4, 0.5) is 5.69 Å². The topological polar surface area (TPSA) is 38.5 Å². The van der Waals surface area contributed by atoms with Crippen molar-refractivity contribution in [2.45, 2.75) is 6.42 Å². The van der Waals surface area contributed by atoms with Gasteiger partial charge in [-0.25, -0.2) is 0 Å². The Hall–Kier alpha value is -0.870. The highest BCUT2D eigenvalue weighted by atomic mass is 32.2. The Morgan fingerprint density at radius 2 is 1.88 bits per heavy atom. The molecule has 0 heterocycles. The summed E-state index contributed by atoms with van der Waals surface area (Å²) in [5, 5.41) is 0. The van der Waals surface area contributed by atoms with Crippen LogP contribution in [-0.2, 0) is 0 Å². The molecule has 1 aromatic rings. The first kappa shape index (κ1) is 14.2. The van der Waals surface area contributed by atoms with Gasteiger partial charge in [0.05, 0.1) is 6.61 Å². The Labute approximate surface area is 108 Å². The van der Waals surface area contributed by atoms with Crippen LogP contribution >= 0.6 is 11.8 Å². The summed E-state index contributed by atoms with van der Waals surface area (Å²) in [5.41, 5.74) is 6.37. The van der Waals surface area contributed by atoms with E-state index in [-0.39, 0.29) is 0 Å². The van der Waals surface area contributed by atoms with Crippen molar-refractivity contribution in [3.63, 3.8) is 0 Å². The van der Waals surface area contributed by atoms with Gasteiger partial charge in [0.2, 0.25) is 0 Å². The summed E-state index contributed by atoms with van der Waals surface area (Å²) in [6.07, 6.45) is 1.09. The molecule has 0 spiro atoms. The Morgan fingerprint density at radius 1 is 1.18 bits per heavy atom. The summed E-state index contributed by atoms with van der Waals surface area (Å²) in [5.74, 6) is 3.25. The minimum atomic E-state index is 0.775. The van der Waals surface area contributed by atoms with Crippen molar-refractivity contribution in [1.82, 2.24) is 4.90 Å². The van der Waals surface area contributed by atoms with Gasteiger partial charge in [-0.15, -0.1) is 0 Å². The lowest BCUT2D eigenvalue weighted by Crippen LogP contribution is -2.15. The Kier molecular flexibility index (Phi) is 6.89. The van der Waals surface area contributed by atoms with Gasteiger partial charge in [0.15, 0.2) is 0 Å². The minimum absolute atomic E-state index is 0.775. The highest BCUT2D eigenvalue weighted by molar-refractivity contribution is 7.99. The normalized spacial score (nSPS) is 10.8. The van der Waals surface area contributed by atoms with E-state index in [0.717, 1.165) is 36.8 Å². The van der Waals surface area contributed by atoms with Crippen LogP contribution in [0.15, 0.2) is 24.3 Å². The maximum Gasteiger partial charge on any atom is 0.119 e. The lowest BCUT2D eigenvalue weighted by atomic mass is 10.3. The Bertz CT molecular complexity index is 301. The molecule has 0 atom stereocenters. The van der Waals surface area contributed by atoms with Gasteiger partial charge in [-0.1, -0.05) is 0 Å². The molecule has 96 valence electrons. The second kappa shape index (κ2) is 8.25. The summed E-state index contributed by atoms with van der Waals surface area (Å²) < 4.78 is 5.61. The predicted molar refractivity (Wildman–Crippen MR) is 76.8 cm³/mol. The summed E-state index contributed by atoms with van der Waals surface area (Å²) in [7, 11) is 4.20. The van der Waals surface area contributed by atoms with E-state index in [2.05, 4.69) is 19.0 Å². The molecule has 3 nitrogen and oxygen atoms in total. The van der Waals surface area contributed by atoms with E-state index < -0.39 is 0 Å². The number of nitrogens with zero attached hydrogens (tertiary/aromatic N) is 1. The molecule has 0 aliphatic heterocycles. The molecule has 0 fully saturated rings. The molecule has 1 aromatic carbocycles. The highest BCUT2D eigenvalue weighted by Crippen LogP contribution is 2.13. The molecule has 17 heavy (non-hydrogen) atoms. The SMILES string of the molecule is CN(C)CCSCCCOc1ccc(N)cc1. The number of thioether (sulfide) groups is 1. The van der Waals surface area contributed by atoms with Crippen LogP contribution in [-0.4, -0.2) is 43.7 Å². The smallest absolute Gasteiger partial charge is 0.119 e. The van der Waals surface area contributed by atoms with Crippen LogP contribution in [0.2, 0.25) is 0 Å². The van der Waals surface area contributed by atoms with Crippen LogP contribution < -0.4 is 10.5 Å². The van der Waals surface area contributed by atoms with E-state index in [1.165, 1.54) is 5.75 Å². The van der Waals surface area contributed by atoms with Gasteiger partial charge >= 0.3 is 0 Å². The average molecular weight is 254 g/mol. The zero-order chi connectivity index (χ0) is 12.5. The van der Waals surface area contributed by atoms with Gasteiger partial charge in [0.1, 0.15) is 5.75 Å². The molecule has 1 rings (SSSR count). The standard InChI is InChI=1S/C13H22N2OS/c1-15(2)8-11-17-10-3-9-16-13-6-4-12(14)5-7-13/h4-7H,3,8-11,14H2,1-2H3. The fourth-order valence-electron chi connectivity index (χ4n) is 1.26. The Balaban J connectivity index is 1.99. The minimum Gasteiger partial charge on any atom is -0.494 e. The number of ether oxygens (including phenoxy) is 1. The van der Waals surface area contributed by atoms with E-state index in [1.807, 2.05) is 36.0 Å². The monoisotopic (exact) mass is 254 g/mol. The summed E-state index contributed by atoms with van der Waals surface area (Å²) >= 11 is 1.98.